The number of hydrogen-bond donors (Lipinski definition) is 3. The van der Waals surface area contributed by atoms with E-state index in [1.807, 2.05) is 24.3 Å². The molecule has 3 N–H and O–H groups in total. The minimum Gasteiger partial charge on any atom is -0.484 e. The second kappa shape index (κ2) is 18.3. The number of pyridine rings is 1. The molecule has 0 aliphatic carbocycles. The van der Waals surface area contributed by atoms with Crippen molar-refractivity contribution < 1.29 is 52.3 Å². The predicted molar refractivity (Wildman–Crippen MR) is 218 cm³/mol. The van der Waals surface area contributed by atoms with Crippen LogP contribution in [0.5, 0.6) is 5.75 Å². The molecule has 0 radical (unpaired) electrons. The minimum atomic E-state index is -3.74. The summed E-state index contributed by atoms with van der Waals surface area (Å²) in [5.74, 6) is -0.287. The third-order valence-electron chi connectivity index (χ3n) is 10.2. The summed E-state index contributed by atoms with van der Waals surface area (Å²) >= 11 is 5.83. The van der Waals surface area contributed by atoms with Gasteiger partial charge >= 0.3 is 12.9 Å². The fraction of sp³-hybridized carbons (Fsp3) is 0.474. The van der Waals surface area contributed by atoms with Gasteiger partial charge in [-0.2, -0.15) is 4.68 Å². The lowest BCUT2D eigenvalue weighted by Gasteiger charge is -2.27. The number of fused-ring (bicyclic) bond motifs is 2. The Balaban J connectivity index is 1.03. The Bertz CT molecular complexity index is 2520. The number of hydrogen-bond acceptors (Lipinski definition) is 16. The Morgan fingerprint density at radius 1 is 1.08 bits per heavy atom. The summed E-state index contributed by atoms with van der Waals surface area (Å²) in [5.41, 5.74) is 1.66. The molecule has 2 fully saturated rings. The molecule has 7 rings (SSSR count). The number of aliphatic hydroxyl groups excluding tert-OH is 1. The molecule has 2 aliphatic rings. The molecule has 0 saturated carbocycles. The van der Waals surface area contributed by atoms with Crippen molar-refractivity contribution in [1.82, 2.24) is 33.9 Å². The number of carbonyl (C=O) groups excluding carboxylic acids is 1. The Morgan fingerprint density at radius 2 is 1.87 bits per heavy atom. The Kier molecular flexibility index (Phi) is 13.1. The average Bonchev–Trinajstić information content (AvgIpc) is 4.03. The number of benzene rings is 1. The van der Waals surface area contributed by atoms with Crippen molar-refractivity contribution in [1.29, 1.82) is 0 Å². The molecule has 0 bridgehead atoms. The first kappa shape index (κ1) is 43.7. The second-order valence-electron chi connectivity index (χ2n) is 15.3. The molecule has 1 aromatic carbocycles. The van der Waals surface area contributed by atoms with Crippen molar-refractivity contribution in [3.63, 3.8) is 0 Å². The van der Waals surface area contributed by atoms with Crippen molar-refractivity contribution in [2.45, 2.75) is 76.4 Å². The first-order valence-electron chi connectivity index (χ1n) is 19.2. The Labute approximate surface area is 353 Å². The standard InChI is InChI=1S/C38H44N9O12PS/c1-22-28(57-35(33(22)58-37(51)52)46-15-11-30(50)45-16-13-41-36(45)46)20-55-60(61,54-17-14-39-5)59-26-18-31(56-27(26)19-48)47-34-32(43-44-47)25(10-12-40-34)42-29(49)21-53-24-8-6-23(7-9-24)38(2,3)4/h6-13,15-16,22,26-28,31,33,35,48H,14,17-21H2,1-4H3,(H,51,52)(H,40,42,49)/t22-,26+,27-,28-,31-,33-,35-,60?/m1/s1. The lowest BCUT2D eigenvalue weighted by molar-refractivity contribution is -0.118. The van der Waals surface area contributed by atoms with Gasteiger partial charge < -0.3 is 52.9 Å². The van der Waals surface area contributed by atoms with Gasteiger partial charge in [0.1, 0.15) is 24.6 Å². The van der Waals surface area contributed by atoms with E-state index in [1.54, 1.807) is 13.0 Å². The van der Waals surface area contributed by atoms with Crippen molar-refractivity contribution in [2.24, 2.45) is 5.92 Å². The van der Waals surface area contributed by atoms with Crippen LogP contribution in [0.1, 0.15) is 52.1 Å². The molecule has 324 valence electrons. The zero-order chi connectivity index (χ0) is 43.5. The molecule has 8 atom stereocenters. The third kappa shape index (κ3) is 9.74. The van der Waals surface area contributed by atoms with E-state index in [2.05, 4.69) is 51.2 Å². The van der Waals surface area contributed by atoms with Gasteiger partial charge in [-0.1, -0.05) is 45.0 Å². The second-order valence-corrected chi connectivity index (χ2v) is 18.2. The van der Waals surface area contributed by atoms with Crippen LogP contribution in [0.25, 0.3) is 21.8 Å². The molecule has 2 aliphatic heterocycles. The van der Waals surface area contributed by atoms with E-state index in [-0.39, 0.29) is 60.7 Å². The van der Waals surface area contributed by atoms with Gasteiger partial charge in [0, 0.05) is 43.2 Å². The maximum atomic E-state index is 12.9. The van der Waals surface area contributed by atoms with Crippen LogP contribution in [0.15, 0.2) is 66.0 Å². The molecular formula is C38H44N9O12PS. The number of ether oxygens (including phenoxy) is 4. The first-order valence-corrected chi connectivity index (χ1v) is 21.7. The lowest BCUT2D eigenvalue weighted by atomic mass is 9.87. The number of carboxylic acid groups (broad SMARTS) is 1. The SMILES string of the molecule is [C-]#[N+]CCOP(=S)(OC[C@H]1O[C@@H](n2ccc(=O)n3ccnc23)[C@H](OC(=O)O)[C@@H]1C)O[C@H]1C[C@H](n2nnc3c(NC(=O)COc4ccc(C(C)(C)C)cc4)ccnc32)O[C@@H]1CO. The van der Waals surface area contributed by atoms with Gasteiger partial charge in [-0.05, 0) is 41.0 Å². The van der Waals surface area contributed by atoms with Crippen LogP contribution in [0, 0.1) is 12.5 Å². The molecule has 4 aromatic heterocycles. The van der Waals surface area contributed by atoms with Gasteiger partial charge in [-0.3, -0.25) is 18.6 Å². The van der Waals surface area contributed by atoms with Crippen molar-refractivity contribution >= 4 is 53.2 Å². The molecule has 61 heavy (non-hydrogen) atoms. The minimum absolute atomic E-state index is 0.0241. The van der Waals surface area contributed by atoms with Crippen LogP contribution in [-0.4, -0.2) is 114 Å². The highest BCUT2D eigenvalue weighted by Crippen LogP contribution is 2.54. The van der Waals surface area contributed by atoms with E-state index in [1.165, 1.54) is 44.5 Å². The largest absolute Gasteiger partial charge is 0.506 e. The summed E-state index contributed by atoms with van der Waals surface area (Å²) in [6, 6.07) is 10.4. The maximum absolute atomic E-state index is 12.9. The fourth-order valence-electron chi connectivity index (χ4n) is 6.97. The van der Waals surface area contributed by atoms with Crippen LogP contribution >= 0.6 is 6.72 Å². The van der Waals surface area contributed by atoms with Crippen LogP contribution < -0.4 is 15.6 Å². The number of imidazole rings is 1. The normalized spacial score (nSPS) is 23.8. The fourth-order valence-corrected chi connectivity index (χ4v) is 9.10. The van der Waals surface area contributed by atoms with E-state index in [9.17, 15) is 24.6 Å². The number of nitrogens with zero attached hydrogens (tertiary/aromatic N) is 8. The molecule has 6 heterocycles. The van der Waals surface area contributed by atoms with Gasteiger partial charge in [0.2, 0.25) is 12.3 Å². The molecule has 0 spiro atoms. The number of aromatic nitrogens is 7. The van der Waals surface area contributed by atoms with Gasteiger partial charge in [0.25, 0.3) is 11.5 Å². The lowest BCUT2D eigenvalue weighted by Crippen LogP contribution is -2.32. The van der Waals surface area contributed by atoms with Gasteiger partial charge in [-0.15, -0.1) is 5.10 Å². The number of anilines is 1. The maximum Gasteiger partial charge on any atom is 0.506 e. The zero-order valence-electron chi connectivity index (χ0n) is 33.5. The number of carbonyl (C=O) groups is 2. The molecule has 5 aromatic rings. The highest BCUT2D eigenvalue weighted by Gasteiger charge is 2.48. The van der Waals surface area contributed by atoms with Crippen molar-refractivity contribution in [2.75, 3.05) is 38.3 Å². The Morgan fingerprint density at radius 3 is 2.59 bits per heavy atom. The predicted octanol–water partition coefficient (Wildman–Crippen LogP) is 4.09. The van der Waals surface area contributed by atoms with Crippen LogP contribution in [-0.2, 0) is 49.8 Å². The Hall–Kier alpha value is -5.37. The van der Waals surface area contributed by atoms with Crippen LogP contribution in [0.3, 0.4) is 0 Å². The molecule has 2 saturated heterocycles. The summed E-state index contributed by atoms with van der Waals surface area (Å²) in [5, 5.41) is 31.3. The molecule has 23 heteroatoms. The van der Waals surface area contributed by atoms with E-state index < -0.39 is 68.2 Å². The van der Waals surface area contributed by atoms with Crippen molar-refractivity contribution in [3.8, 4) is 5.75 Å². The number of aliphatic hydroxyl groups is 1. The number of amides is 1. The molecular weight excluding hydrogens is 838 g/mol. The molecule has 21 nitrogen and oxygen atoms in total. The first-order chi connectivity index (χ1) is 29.2. The van der Waals surface area contributed by atoms with Crippen LogP contribution in [0.2, 0.25) is 0 Å². The van der Waals surface area contributed by atoms with E-state index in [4.69, 9.17) is 50.9 Å². The highest BCUT2D eigenvalue weighted by atomic mass is 32.5. The van der Waals surface area contributed by atoms with Crippen molar-refractivity contribution in [3.05, 3.63) is 88.5 Å². The molecule has 1 unspecified atom stereocenters. The summed E-state index contributed by atoms with van der Waals surface area (Å²) < 4.78 is 46.0. The number of nitrogens with one attached hydrogen (secondary N) is 1. The summed E-state index contributed by atoms with van der Waals surface area (Å²) in [6.07, 6.45) is -1.26. The van der Waals surface area contributed by atoms with E-state index >= 15 is 0 Å². The summed E-state index contributed by atoms with van der Waals surface area (Å²) in [7, 11) is 0. The topological polar surface area (TPSA) is 238 Å². The van der Waals surface area contributed by atoms with Gasteiger partial charge in [0.15, 0.2) is 36.3 Å². The average molecular weight is 882 g/mol. The van der Waals surface area contributed by atoms with Gasteiger partial charge in [0.05, 0.1) is 25.0 Å². The number of rotatable bonds is 16. The van der Waals surface area contributed by atoms with Crippen LogP contribution in [0.4, 0.5) is 10.5 Å². The quantitative estimate of drug-likeness (QED) is 0.0547. The highest BCUT2D eigenvalue weighted by molar-refractivity contribution is 8.07. The molecule has 1 amide bonds. The monoisotopic (exact) mass is 881 g/mol. The third-order valence-corrected chi connectivity index (χ3v) is 12.5. The summed E-state index contributed by atoms with van der Waals surface area (Å²) in [6.45, 7) is 10.4. The zero-order valence-corrected chi connectivity index (χ0v) is 35.2. The van der Waals surface area contributed by atoms with Gasteiger partial charge in [-0.25, -0.2) is 21.3 Å². The summed E-state index contributed by atoms with van der Waals surface area (Å²) in [4.78, 5) is 49.1. The van der Waals surface area contributed by atoms with E-state index in [0.29, 0.717) is 11.4 Å². The smallest absolute Gasteiger partial charge is 0.484 e. The van der Waals surface area contributed by atoms with E-state index in [0.717, 1.165) is 5.56 Å².